The summed E-state index contributed by atoms with van der Waals surface area (Å²) in [6.45, 7) is 2.11. The lowest BCUT2D eigenvalue weighted by Gasteiger charge is -2.42. The molecule has 1 fully saturated rings. The molecule has 0 bridgehead atoms. The van der Waals surface area contributed by atoms with Crippen LogP contribution in [0, 0.1) is 0 Å². The highest BCUT2D eigenvalue weighted by Gasteiger charge is 2.39. The molecule has 1 aliphatic heterocycles. The molecule has 0 aromatic heterocycles. The van der Waals surface area contributed by atoms with Gasteiger partial charge >= 0.3 is 0 Å². The molecule has 0 aliphatic carbocycles. The molecule has 0 atom stereocenters. The van der Waals surface area contributed by atoms with Gasteiger partial charge < -0.3 is 10.5 Å². The highest BCUT2D eigenvalue weighted by molar-refractivity contribution is 6.42. The molecule has 1 aliphatic rings. The first-order valence-electron chi connectivity index (χ1n) is 4.91. The number of hydrogen-bond acceptors (Lipinski definition) is 2. The van der Waals surface area contributed by atoms with Crippen LogP contribution in [0.15, 0.2) is 18.2 Å². The number of nitrogens with two attached hydrogens (primary N) is 1. The lowest BCUT2D eigenvalue weighted by Crippen LogP contribution is -2.48. The maximum Gasteiger partial charge on any atom is 0.0595 e. The first kappa shape index (κ1) is 11.2. The smallest absolute Gasteiger partial charge is 0.0595 e. The maximum absolute atomic E-state index is 6.00. The van der Waals surface area contributed by atoms with Crippen molar-refractivity contribution in [1.29, 1.82) is 0 Å². The summed E-state index contributed by atoms with van der Waals surface area (Å²) in [5.41, 5.74) is 6.85. The second-order valence-corrected chi connectivity index (χ2v) is 4.76. The van der Waals surface area contributed by atoms with Crippen molar-refractivity contribution in [2.24, 2.45) is 5.73 Å². The van der Waals surface area contributed by atoms with E-state index in [2.05, 4.69) is 0 Å². The highest BCUT2D eigenvalue weighted by atomic mass is 35.5. The van der Waals surface area contributed by atoms with Crippen molar-refractivity contribution in [3.8, 4) is 0 Å². The van der Waals surface area contributed by atoms with Gasteiger partial charge in [0, 0.05) is 5.41 Å². The van der Waals surface area contributed by atoms with Gasteiger partial charge in [-0.05, 0) is 30.7 Å². The van der Waals surface area contributed by atoms with Crippen LogP contribution in [0.4, 0.5) is 0 Å². The van der Waals surface area contributed by atoms with Gasteiger partial charge in [-0.3, -0.25) is 0 Å². The van der Waals surface area contributed by atoms with E-state index in [9.17, 15) is 0 Å². The van der Waals surface area contributed by atoms with Crippen LogP contribution in [0.1, 0.15) is 12.0 Å². The second kappa shape index (κ2) is 4.30. The minimum Gasteiger partial charge on any atom is -0.379 e. The van der Waals surface area contributed by atoms with Crippen molar-refractivity contribution in [3.63, 3.8) is 0 Å². The highest BCUT2D eigenvalue weighted by Crippen LogP contribution is 2.37. The van der Waals surface area contributed by atoms with E-state index in [-0.39, 0.29) is 5.41 Å². The maximum atomic E-state index is 6.00. The molecule has 0 amide bonds. The Bertz CT molecular complexity index is 364. The monoisotopic (exact) mass is 245 g/mol. The summed E-state index contributed by atoms with van der Waals surface area (Å²) >= 11 is 11.9. The molecule has 0 spiro atoms. The minimum atomic E-state index is 0.0585. The number of hydrogen-bond donors (Lipinski definition) is 1. The Hall–Kier alpha value is -0.280. The zero-order chi connectivity index (χ0) is 10.9. The van der Waals surface area contributed by atoms with E-state index in [1.807, 2.05) is 18.2 Å². The Morgan fingerprint density at radius 3 is 2.47 bits per heavy atom. The normalized spacial score (nSPS) is 18.6. The molecule has 1 aromatic rings. The molecular weight excluding hydrogens is 233 g/mol. The third kappa shape index (κ3) is 2.00. The van der Waals surface area contributed by atoms with Crippen LogP contribution in [0.25, 0.3) is 0 Å². The van der Waals surface area contributed by atoms with Gasteiger partial charge in [0.15, 0.2) is 0 Å². The zero-order valence-electron chi connectivity index (χ0n) is 8.30. The average Bonchev–Trinajstić information content (AvgIpc) is 2.16. The largest absolute Gasteiger partial charge is 0.379 e. The van der Waals surface area contributed by atoms with Gasteiger partial charge in [0.1, 0.15) is 0 Å². The molecule has 0 saturated carbocycles. The van der Waals surface area contributed by atoms with E-state index in [0.717, 1.165) is 19.6 Å². The van der Waals surface area contributed by atoms with Crippen LogP contribution in [0.2, 0.25) is 10.0 Å². The SMILES string of the molecule is NCCC1(c2ccc(Cl)c(Cl)c2)COC1. The minimum absolute atomic E-state index is 0.0585. The third-order valence-corrected chi connectivity index (χ3v) is 3.65. The molecule has 0 unspecified atom stereocenters. The van der Waals surface area contributed by atoms with Gasteiger partial charge in [0.2, 0.25) is 0 Å². The molecule has 1 saturated heterocycles. The van der Waals surface area contributed by atoms with Crippen molar-refractivity contribution in [2.75, 3.05) is 19.8 Å². The van der Waals surface area contributed by atoms with Gasteiger partial charge in [0.25, 0.3) is 0 Å². The molecule has 2 nitrogen and oxygen atoms in total. The van der Waals surface area contributed by atoms with E-state index in [4.69, 9.17) is 33.7 Å². The van der Waals surface area contributed by atoms with E-state index in [1.54, 1.807) is 0 Å². The number of benzene rings is 1. The third-order valence-electron chi connectivity index (χ3n) is 2.91. The summed E-state index contributed by atoms with van der Waals surface area (Å²) in [5, 5.41) is 1.18. The topological polar surface area (TPSA) is 35.2 Å². The summed E-state index contributed by atoms with van der Waals surface area (Å²) < 4.78 is 5.28. The van der Waals surface area contributed by atoms with Crippen LogP contribution in [0.5, 0.6) is 0 Å². The Labute approximate surface area is 99.3 Å². The summed E-state index contributed by atoms with van der Waals surface area (Å²) in [6.07, 6.45) is 0.922. The zero-order valence-corrected chi connectivity index (χ0v) is 9.81. The second-order valence-electron chi connectivity index (χ2n) is 3.94. The van der Waals surface area contributed by atoms with Gasteiger partial charge in [-0.2, -0.15) is 0 Å². The number of halogens is 2. The Kier molecular flexibility index (Phi) is 3.21. The van der Waals surface area contributed by atoms with E-state index >= 15 is 0 Å². The van der Waals surface area contributed by atoms with Crippen LogP contribution >= 0.6 is 23.2 Å². The van der Waals surface area contributed by atoms with E-state index < -0.39 is 0 Å². The number of rotatable bonds is 3. The lowest BCUT2D eigenvalue weighted by atomic mass is 9.76. The van der Waals surface area contributed by atoms with Crippen molar-refractivity contribution in [3.05, 3.63) is 33.8 Å². The quantitative estimate of drug-likeness (QED) is 0.889. The molecule has 0 radical (unpaired) electrons. The lowest BCUT2D eigenvalue weighted by molar-refractivity contribution is -0.0631. The molecule has 1 heterocycles. The van der Waals surface area contributed by atoms with Crippen molar-refractivity contribution in [1.82, 2.24) is 0 Å². The molecular formula is C11H13Cl2NO. The average molecular weight is 246 g/mol. The van der Waals surface area contributed by atoms with Crippen LogP contribution in [0.3, 0.4) is 0 Å². The molecule has 2 N–H and O–H groups in total. The van der Waals surface area contributed by atoms with Crippen molar-refractivity contribution in [2.45, 2.75) is 11.8 Å². The fourth-order valence-electron chi connectivity index (χ4n) is 1.91. The van der Waals surface area contributed by atoms with Crippen LogP contribution in [-0.4, -0.2) is 19.8 Å². The first-order chi connectivity index (χ1) is 7.18. The van der Waals surface area contributed by atoms with Crippen molar-refractivity contribution >= 4 is 23.2 Å². The van der Waals surface area contributed by atoms with Gasteiger partial charge in [-0.1, -0.05) is 29.3 Å². The van der Waals surface area contributed by atoms with Crippen LogP contribution in [-0.2, 0) is 10.2 Å². The summed E-state index contributed by atoms with van der Waals surface area (Å²) in [6, 6.07) is 5.75. The Morgan fingerprint density at radius 1 is 1.27 bits per heavy atom. The molecule has 2 rings (SSSR count). The fourth-order valence-corrected chi connectivity index (χ4v) is 2.20. The van der Waals surface area contributed by atoms with E-state index in [1.165, 1.54) is 5.56 Å². The summed E-state index contributed by atoms with van der Waals surface area (Å²) in [5.74, 6) is 0. The predicted molar refractivity (Wildman–Crippen MR) is 62.6 cm³/mol. The van der Waals surface area contributed by atoms with Gasteiger partial charge in [-0.15, -0.1) is 0 Å². The molecule has 15 heavy (non-hydrogen) atoms. The standard InChI is InChI=1S/C11H13Cl2NO/c12-9-2-1-8(5-10(9)13)11(3-4-14)6-15-7-11/h1-2,5H,3-4,6-7,14H2. The molecule has 1 aromatic carbocycles. The Morgan fingerprint density at radius 2 is 2.00 bits per heavy atom. The van der Waals surface area contributed by atoms with E-state index in [0.29, 0.717) is 16.6 Å². The first-order valence-corrected chi connectivity index (χ1v) is 5.67. The van der Waals surface area contributed by atoms with Crippen LogP contribution < -0.4 is 5.73 Å². The molecule has 4 heteroatoms. The van der Waals surface area contributed by atoms with Gasteiger partial charge in [-0.25, -0.2) is 0 Å². The predicted octanol–water partition coefficient (Wildman–Crippen LogP) is 2.61. The summed E-state index contributed by atoms with van der Waals surface area (Å²) in [7, 11) is 0. The number of ether oxygens (including phenoxy) is 1. The van der Waals surface area contributed by atoms with Crippen molar-refractivity contribution < 1.29 is 4.74 Å². The Balaban J connectivity index is 2.30. The molecule has 82 valence electrons. The summed E-state index contributed by atoms with van der Waals surface area (Å²) in [4.78, 5) is 0. The fraction of sp³-hybridized carbons (Fsp3) is 0.455. The van der Waals surface area contributed by atoms with Gasteiger partial charge in [0.05, 0.1) is 23.3 Å².